The van der Waals surface area contributed by atoms with Crippen LogP contribution in [0.15, 0.2) is 71.8 Å². The third-order valence-corrected chi connectivity index (χ3v) is 4.00. The Labute approximate surface area is 127 Å². The summed E-state index contributed by atoms with van der Waals surface area (Å²) in [6.45, 7) is 0. The fourth-order valence-electron chi connectivity index (χ4n) is 1.90. The lowest BCUT2D eigenvalue weighted by molar-refractivity contribution is 0.627. The number of rotatable bonds is 4. The summed E-state index contributed by atoms with van der Waals surface area (Å²) in [4.78, 5) is 0. The predicted octanol–water partition coefficient (Wildman–Crippen LogP) is 4.58. The van der Waals surface area contributed by atoms with Crippen molar-refractivity contribution in [3.05, 3.63) is 78.1 Å². The average molecular weight is 296 g/mol. The number of benzene rings is 2. The smallest absolute Gasteiger partial charge is 0.123 e. The van der Waals surface area contributed by atoms with E-state index in [-0.39, 0.29) is 5.82 Å². The first-order chi connectivity index (χ1) is 10.3. The van der Waals surface area contributed by atoms with Gasteiger partial charge in [0.05, 0.1) is 5.69 Å². The molecule has 4 heteroatoms. The number of thioether (sulfide) groups is 1. The van der Waals surface area contributed by atoms with E-state index < -0.39 is 0 Å². The summed E-state index contributed by atoms with van der Waals surface area (Å²) in [5, 5.41) is 9.33. The molecule has 3 rings (SSSR count). The SMILES string of the molecule is Fc1ccc(CSc2ccc(-c3ccccc3)nn2)cc1. The quantitative estimate of drug-likeness (QED) is 0.659. The van der Waals surface area contributed by atoms with Crippen LogP contribution in [0, 0.1) is 5.82 Å². The molecule has 1 aromatic heterocycles. The van der Waals surface area contributed by atoms with E-state index in [0.29, 0.717) is 0 Å². The second-order valence-electron chi connectivity index (χ2n) is 4.54. The van der Waals surface area contributed by atoms with Crippen LogP contribution in [0.2, 0.25) is 0 Å². The third kappa shape index (κ3) is 3.67. The van der Waals surface area contributed by atoms with Crippen LogP contribution in [0.4, 0.5) is 4.39 Å². The van der Waals surface area contributed by atoms with E-state index in [4.69, 9.17) is 0 Å². The first-order valence-electron chi connectivity index (χ1n) is 6.58. The lowest BCUT2D eigenvalue weighted by Gasteiger charge is -2.03. The lowest BCUT2D eigenvalue weighted by atomic mass is 10.1. The van der Waals surface area contributed by atoms with Gasteiger partial charge in [-0.05, 0) is 29.8 Å². The van der Waals surface area contributed by atoms with Crippen molar-refractivity contribution in [1.29, 1.82) is 0 Å². The Balaban J connectivity index is 1.66. The van der Waals surface area contributed by atoms with E-state index in [1.54, 1.807) is 23.9 Å². The highest BCUT2D eigenvalue weighted by molar-refractivity contribution is 7.98. The summed E-state index contributed by atoms with van der Waals surface area (Å²) in [5.74, 6) is 0.537. The molecule has 0 bridgehead atoms. The summed E-state index contributed by atoms with van der Waals surface area (Å²) in [7, 11) is 0. The second kappa shape index (κ2) is 6.50. The summed E-state index contributed by atoms with van der Waals surface area (Å²) in [5.41, 5.74) is 2.98. The van der Waals surface area contributed by atoms with Crippen LogP contribution >= 0.6 is 11.8 Å². The van der Waals surface area contributed by atoms with Crippen LogP contribution < -0.4 is 0 Å². The summed E-state index contributed by atoms with van der Waals surface area (Å²) in [6, 6.07) is 20.4. The van der Waals surface area contributed by atoms with Crippen molar-refractivity contribution >= 4 is 11.8 Å². The second-order valence-corrected chi connectivity index (χ2v) is 5.53. The van der Waals surface area contributed by atoms with Gasteiger partial charge < -0.3 is 0 Å². The number of nitrogens with zero attached hydrogens (tertiary/aromatic N) is 2. The molecule has 0 amide bonds. The van der Waals surface area contributed by atoms with Crippen molar-refractivity contribution in [2.45, 2.75) is 10.8 Å². The van der Waals surface area contributed by atoms with Gasteiger partial charge in [0, 0.05) is 11.3 Å². The Morgan fingerprint density at radius 3 is 2.24 bits per heavy atom. The molecule has 2 nitrogen and oxygen atoms in total. The molecule has 0 N–H and O–H groups in total. The number of hydrogen-bond acceptors (Lipinski definition) is 3. The van der Waals surface area contributed by atoms with Gasteiger partial charge in [0.25, 0.3) is 0 Å². The maximum Gasteiger partial charge on any atom is 0.123 e. The molecule has 0 saturated heterocycles. The van der Waals surface area contributed by atoms with Crippen molar-refractivity contribution < 1.29 is 4.39 Å². The van der Waals surface area contributed by atoms with Gasteiger partial charge in [-0.15, -0.1) is 10.2 Å². The molecule has 0 aliphatic carbocycles. The largest absolute Gasteiger partial charge is 0.207 e. The summed E-state index contributed by atoms with van der Waals surface area (Å²) >= 11 is 1.59. The minimum Gasteiger partial charge on any atom is -0.207 e. The standard InChI is InChI=1S/C17H13FN2S/c18-15-8-6-13(7-9-15)12-21-17-11-10-16(19-20-17)14-4-2-1-3-5-14/h1-11H,12H2. The fraction of sp³-hybridized carbons (Fsp3) is 0.0588. The van der Waals surface area contributed by atoms with Gasteiger partial charge in [0.2, 0.25) is 0 Å². The van der Waals surface area contributed by atoms with Crippen LogP contribution in [-0.2, 0) is 5.75 Å². The maximum atomic E-state index is 12.8. The molecule has 3 aromatic rings. The number of hydrogen-bond donors (Lipinski definition) is 0. The highest BCUT2D eigenvalue weighted by Crippen LogP contribution is 2.22. The van der Waals surface area contributed by atoms with E-state index >= 15 is 0 Å². The van der Waals surface area contributed by atoms with Crippen molar-refractivity contribution in [1.82, 2.24) is 10.2 Å². The van der Waals surface area contributed by atoms with Gasteiger partial charge in [0.15, 0.2) is 0 Å². The normalized spacial score (nSPS) is 10.5. The lowest BCUT2D eigenvalue weighted by Crippen LogP contribution is -1.90. The van der Waals surface area contributed by atoms with E-state index in [2.05, 4.69) is 10.2 Å². The van der Waals surface area contributed by atoms with Crippen molar-refractivity contribution in [2.75, 3.05) is 0 Å². The van der Waals surface area contributed by atoms with E-state index in [0.717, 1.165) is 27.6 Å². The van der Waals surface area contributed by atoms with Crippen LogP contribution in [0.3, 0.4) is 0 Å². The summed E-state index contributed by atoms with van der Waals surface area (Å²) < 4.78 is 12.8. The van der Waals surface area contributed by atoms with E-state index in [1.165, 1.54) is 12.1 Å². The molecule has 0 aliphatic rings. The van der Waals surface area contributed by atoms with Crippen LogP contribution in [0.5, 0.6) is 0 Å². The van der Waals surface area contributed by atoms with E-state index in [9.17, 15) is 4.39 Å². The molecule has 104 valence electrons. The Kier molecular flexibility index (Phi) is 4.26. The maximum absolute atomic E-state index is 12.8. The van der Waals surface area contributed by atoms with E-state index in [1.807, 2.05) is 42.5 Å². The average Bonchev–Trinajstić information content (AvgIpc) is 2.56. The molecule has 1 heterocycles. The molecular formula is C17H13FN2S. The minimum atomic E-state index is -0.212. The van der Waals surface area contributed by atoms with Crippen LogP contribution in [0.25, 0.3) is 11.3 Å². The molecule has 0 unspecified atom stereocenters. The number of halogens is 1. The highest BCUT2D eigenvalue weighted by Gasteiger charge is 2.02. The van der Waals surface area contributed by atoms with Gasteiger partial charge in [0.1, 0.15) is 10.8 Å². The molecule has 2 aromatic carbocycles. The van der Waals surface area contributed by atoms with Crippen LogP contribution in [0.1, 0.15) is 5.56 Å². The zero-order valence-electron chi connectivity index (χ0n) is 11.2. The number of aromatic nitrogens is 2. The van der Waals surface area contributed by atoms with Gasteiger partial charge in [-0.1, -0.05) is 54.2 Å². The Morgan fingerprint density at radius 1 is 0.810 bits per heavy atom. The molecular weight excluding hydrogens is 283 g/mol. The minimum absolute atomic E-state index is 0.212. The highest BCUT2D eigenvalue weighted by atomic mass is 32.2. The molecule has 0 saturated carbocycles. The van der Waals surface area contributed by atoms with Crippen molar-refractivity contribution in [2.24, 2.45) is 0 Å². The van der Waals surface area contributed by atoms with Crippen LogP contribution in [-0.4, -0.2) is 10.2 Å². The van der Waals surface area contributed by atoms with Crippen molar-refractivity contribution in [3.8, 4) is 11.3 Å². The monoisotopic (exact) mass is 296 g/mol. The first kappa shape index (κ1) is 13.8. The molecule has 0 atom stereocenters. The topological polar surface area (TPSA) is 25.8 Å². The third-order valence-electron chi connectivity index (χ3n) is 3.01. The van der Waals surface area contributed by atoms with Gasteiger partial charge in [-0.25, -0.2) is 4.39 Å². The van der Waals surface area contributed by atoms with Gasteiger partial charge >= 0.3 is 0 Å². The first-order valence-corrected chi connectivity index (χ1v) is 7.56. The Bertz CT molecular complexity index is 697. The Hall–Kier alpha value is -2.20. The van der Waals surface area contributed by atoms with Gasteiger partial charge in [-0.2, -0.15) is 0 Å². The van der Waals surface area contributed by atoms with Crippen molar-refractivity contribution in [3.63, 3.8) is 0 Å². The molecule has 0 fully saturated rings. The summed E-state index contributed by atoms with van der Waals surface area (Å²) in [6.07, 6.45) is 0. The molecule has 0 radical (unpaired) electrons. The predicted molar refractivity (Wildman–Crippen MR) is 83.4 cm³/mol. The molecule has 0 spiro atoms. The zero-order valence-corrected chi connectivity index (χ0v) is 12.1. The zero-order chi connectivity index (χ0) is 14.5. The molecule has 0 aliphatic heterocycles. The van der Waals surface area contributed by atoms with Gasteiger partial charge in [-0.3, -0.25) is 0 Å². The Morgan fingerprint density at radius 2 is 1.57 bits per heavy atom. The molecule has 21 heavy (non-hydrogen) atoms. The fourth-order valence-corrected chi connectivity index (χ4v) is 2.67.